The zero-order valence-corrected chi connectivity index (χ0v) is 11.7. The summed E-state index contributed by atoms with van der Waals surface area (Å²) in [6.07, 6.45) is 0.551. The first-order valence-corrected chi connectivity index (χ1v) is 6.86. The number of hydrogen-bond acceptors (Lipinski definition) is 3. The highest BCUT2D eigenvalue weighted by Gasteiger charge is 2.25. The molecule has 0 atom stereocenters. The van der Waals surface area contributed by atoms with Crippen molar-refractivity contribution < 1.29 is 14.3 Å². The number of benzene rings is 2. The standard InChI is InChI=1S/C18H17O3/c1-2-9-16(19)21-18(20)17(14-10-5-3-6-11-14)15-12-7-4-8-13-15/h3-8,10-13,17H,1-2,9H2. The second kappa shape index (κ2) is 7.39. The molecular formula is C18H17O3. The average molecular weight is 281 g/mol. The lowest BCUT2D eigenvalue weighted by atomic mass is 9.91. The summed E-state index contributed by atoms with van der Waals surface area (Å²) in [5.41, 5.74) is 1.60. The molecule has 3 heteroatoms. The lowest BCUT2D eigenvalue weighted by Crippen LogP contribution is -2.20. The molecule has 0 aliphatic carbocycles. The maximum absolute atomic E-state index is 12.4. The number of hydrogen-bond donors (Lipinski definition) is 0. The van der Waals surface area contributed by atoms with Gasteiger partial charge in [0.05, 0.1) is 0 Å². The molecule has 0 spiro atoms. The van der Waals surface area contributed by atoms with Crippen LogP contribution in [0.4, 0.5) is 0 Å². The Morgan fingerprint density at radius 3 is 1.81 bits per heavy atom. The van der Waals surface area contributed by atoms with Crippen LogP contribution in [0.15, 0.2) is 60.7 Å². The SMILES string of the molecule is [CH2]CCC(=O)OC(=O)C(c1ccccc1)c1ccccc1. The summed E-state index contributed by atoms with van der Waals surface area (Å²) in [5, 5.41) is 0. The van der Waals surface area contributed by atoms with E-state index < -0.39 is 17.9 Å². The number of carbonyl (C=O) groups excluding carboxylic acids is 2. The van der Waals surface area contributed by atoms with Crippen molar-refractivity contribution in [3.63, 3.8) is 0 Å². The molecule has 0 aliphatic rings. The first kappa shape index (κ1) is 15.0. The quantitative estimate of drug-likeness (QED) is 0.622. The fraction of sp³-hybridized carbons (Fsp3) is 0.167. The third-order valence-electron chi connectivity index (χ3n) is 3.10. The smallest absolute Gasteiger partial charge is 0.325 e. The Balaban J connectivity index is 2.29. The van der Waals surface area contributed by atoms with Crippen molar-refractivity contribution in [1.29, 1.82) is 0 Å². The van der Waals surface area contributed by atoms with Crippen LogP contribution in [0.3, 0.4) is 0 Å². The average Bonchev–Trinajstić information content (AvgIpc) is 2.50. The molecule has 0 heterocycles. The maximum Gasteiger partial charge on any atom is 0.325 e. The van der Waals surface area contributed by atoms with Gasteiger partial charge in [-0.3, -0.25) is 9.59 Å². The van der Waals surface area contributed by atoms with E-state index in [2.05, 4.69) is 6.92 Å². The summed E-state index contributed by atoms with van der Waals surface area (Å²) >= 11 is 0. The highest BCUT2D eigenvalue weighted by molar-refractivity contribution is 5.91. The van der Waals surface area contributed by atoms with E-state index in [1.165, 1.54) is 0 Å². The van der Waals surface area contributed by atoms with Gasteiger partial charge in [-0.1, -0.05) is 67.6 Å². The van der Waals surface area contributed by atoms with Crippen molar-refractivity contribution in [2.24, 2.45) is 0 Å². The molecule has 107 valence electrons. The molecule has 0 amide bonds. The molecule has 0 saturated heterocycles. The molecular weight excluding hydrogens is 264 g/mol. The second-order valence-electron chi connectivity index (χ2n) is 4.65. The minimum absolute atomic E-state index is 0.141. The largest absolute Gasteiger partial charge is 0.392 e. The predicted octanol–water partition coefficient (Wildman–Crippen LogP) is 3.50. The molecule has 1 radical (unpaired) electrons. The third-order valence-corrected chi connectivity index (χ3v) is 3.10. The fourth-order valence-corrected chi connectivity index (χ4v) is 2.12. The van der Waals surface area contributed by atoms with Gasteiger partial charge in [0, 0.05) is 6.42 Å². The van der Waals surface area contributed by atoms with Crippen LogP contribution >= 0.6 is 0 Å². The van der Waals surface area contributed by atoms with Crippen molar-refractivity contribution in [1.82, 2.24) is 0 Å². The van der Waals surface area contributed by atoms with E-state index in [4.69, 9.17) is 4.74 Å². The van der Waals surface area contributed by atoms with Gasteiger partial charge < -0.3 is 4.74 Å². The van der Waals surface area contributed by atoms with Crippen molar-refractivity contribution in [3.05, 3.63) is 78.7 Å². The third kappa shape index (κ3) is 4.02. The number of esters is 2. The molecule has 2 aromatic carbocycles. The van der Waals surface area contributed by atoms with Gasteiger partial charge in [-0.05, 0) is 17.5 Å². The lowest BCUT2D eigenvalue weighted by molar-refractivity contribution is -0.160. The molecule has 0 fully saturated rings. The van der Waals surface area contributed by atoms with Crippen LogP contribution in [0.25, 0.3) is 0 Å². The summed E-state index contributed by atoms with van der Waals surface area (Å²) in [7, 11) is 0. The Kier molecular flexibility index (Phi) is 5.27. The molecule has 3 nitrogen and oxygen atoms in total. The molecule has 2 rings (SSSR count). The molecule has 2 aromatic rings. The van der Waals surface area contributed by atoms with Crippen LogP contribution in [0.5, 0.6) is 0 Å². The van der Waals surface area contributed by atoms with Crippen molar-refractivity contribution in [2.75, 3.05) is 0 Å². The first-order valence-electron chi connectivity index (χ1n) is 6.86. The maximum atomic E-state index is 12.4. The summed E-state index contributed by atoms with van der Waals surface area (Å²) < 4.78 is 4.94. The van der Waals surface area contributed by atoms with Gasteiger partial charge in [0.15, 0.2) is 0 Å². The highest BCUT2D eigenvalue weighted by atomic mass is 16.6. The minimum Gasteiger partial charge on any atom is -0.392 e. The number of carbonyl (C=O) groups is 2. The Morgan fingerprint density at radius 1 is 0.905 bits per heavy atom. The van der Waals surface area contributed by atoms with Crippen LogP contribution in [0.1, 0.15) is 29.9 Å². The zero-order valence-electron chi connectivity index (χ0n) is 11.7. The fourth-order valence-electron chi connectivity index (χ4n) is 2.12. The zero-order chi connectivity index (χ0) is 15.1. The van der Waals surface area contributed by atoms with E-state index in [1.54, 1.807) is 0 Å². The van der Waals surface area contributed by atoms with E-state index >= 15 is 0 Å². The Labute approximate surface area is 124 Å². The molecule has 0 aromatic heterocycles. The van der Waals surface area contributed by atoms with Crippen molar-refractivity contribution in [3.8, 4) is 0 Å². The van der Waals surface area contributed by atoms with Crippen LogP contribution in [0, 0.1) is 6.92 Å². The molecule has 0 saturated carbocycles. The lowest BCUT2D eigenvalue weighted by Gasteiger charge is -2.16. The van der Waals surface area contributed by atoms with E-state index in [-0.39, 0.29) is 6.42 Å². The van der Waals surface area contributed by atoms with E-state index in [0.717, 1.165) is 11.1 Å². The highest BCUT2D eigenvalue weighted by Crippen LogP contribution is 2.26. The first-order chi connectivity index (χ1) is 10.2. The second-order valence-corrected chi connectivity index (χ2v) is 4.65. The Bertz CT molecular complexity index is 551. The molecule has 0 aliphatic heterocycles. The molecule has 21 heavy (non-hydrogen) atoms. The summed E-state index contributed by atoms with van der Waals surface area (Å²) in [6.45, 7) is 3.58. The van der Waals surface area contributed by atoms with Crippen LogP contribution in [-0.2, 0) is 14.3 Å². The molecule has 0 unspecified atom stereocenters. The molecule has 0 bridgehead atoms. The summed E-state index contributed by atoms with van der Waals surface area (Å²) in [5.74, 6) is -1.68. The van der Waals surface area contributed by atoms with Gasteiger partial charge in [0.1, 0.15) is 5.92 Å². The Morgan fingerprint density at radius 2 is 1.38 bits per heavy atom. The molecule has 0 N–H and O–H groups in total. The van der Waals surface area contributed by atoms with Gasteiger partial charge in [0.2, 0.25) is 0 Å². The van der Waals surface area contributed by atoms with Crippen molar-refractivity contribution >= 4 is 11.9 Å². The van der Waals surface area contributed by atoms with Gasteiger partial charge in [0.25, 0.3) is 0 Å². The van der Waals surface area contributed by atoms with Crippen LogP contribution in [-0.4, -0.2) is 11.9 Å². The van der Waals surface area contributed by atoms with Crippen LogP contribution in [0.2, 0.25) is 0 Å². The predicted molar refractivity (Wildman–Crippen MR) is 80.4 cm³/mol. The van der Waals surface area contributed by atoms with Gasteiger partial charge in [-0.2, -0.15) is 0 Å². The Hall–Kier alpha value is -2.42. The number of ether oxygens (including phenoxy) is 1. The van der Waals surface area contributed by atoms with Gasteiger partial charge in [-0.25, -0.2) is 0 Å². The topological polar surface area (TPSA) is 43.4 Å². The minimum atomic E-state index is -0.596. The van der Waals surface area contributed by atoms with Gasteiger partial charge in [-0.15, -0.1) is 0 Å². The van der Waals surface area contributed by atoms with Gasteiger partial charge >= 0.3 is 11.9 Å². The van der Waals surface area contributed by atoms with E-state index in [1.807, 2.05) is 60.7 Å². The van der Waals surface area contributed by atoms with E-state index in [9.17, 15) is 9.59 Å². The van der Waals surface area contributed by atoms with Crippen molar-refractivity contribution in [2.45, 2.75) is 18.8 Å². The normalized spacial score (nSPS) is 10.4. The summed E-state index contributed by atoms with van der Waals surface area (Å²) in [4.78, 5) is 23.9. The van der Waals surface area contributed by atoms with E-state index in [0.29, 0.717) is 6.42 Å². The monoisotopic (exact) mass is 281 g/mol. The van der Waals surface area contributed by atoms with Crippen LogP contribution < -0.4 is 0 Å². The summed E-state index contributed by atoms with van der Waals surface area (Å²) in [6, 6.07) is 18.6. The number of rotatable bonds is 5.